The van der Waals surface area contributed by atoms with Gasteiger partial charge in [-0.1, -0.05) is 18.2 Å². The third-order valence-corrected chi connectivity index (χ3v) is 4.59. The highest BCUT2D eigenvalue weighted by Gasteiger charge is 2.32. The highest BCUT2D eigenvalue weighted by molar-refractivity contribution is 6.05. The van der Waals surface area contributed by atoms with Crippen molar-refractivity contribution >= 4 is 17.5 Å². The van der Waals surface area contributed by atoms with Crippen LogP contribution in [0, 0.1) is 0 Å². The predicted octanol–water partition coefficient (Wildman–Crippen LogP) is 4.19. The maximum absolute atomic E-state index is 12.7. The lowest BCUT2D eigenvalue weighted by molar-refractivity contribution is -0.274. The van der Waals surface area contributed by atoms with E-state index in [9.17, 15) is 22.8 Å². The zero-order chi connectivity index (χ0) is 22.7. The molecule has 2 N–H and O–H groups in total. The number of nitrogens with one attached hydrogen (secondary N) is 2. The van der Waals surface area contributed by atoms with Gasteiger partial charge in [-0.3, -0.25) is 19.6 Å². The molecule has 1 saturated carbocycles. The molecule has 0 atom stereocenters. The van der Waals surface area contributed by atoms with Crippen LogP contribution in [-0.2, 0) is 0 Å². The van der Waals surface area contributed by atoms with Crippen LogP contribution >= 0.6 is 0 Å². The van der Waals surface area contributed by atoms with Crippen molar-refractivity contribution in [2.75, 3.05) is 5.32 Å². The van der Waals surface area contributed by atoms with E-state index in [0.717, 1.165) is 12.8 Å². The smallest absolute Gasteiger partial charge is 0.405 e. The van der Waals surface area contributed by atoms with Crippen LogP contribution in [0.1, 0.15) is 33.7 Å². The van der Waals surface area contributed by atoms with E-state index in [-0.39, 0.29) is 40.2 Å². The summed E-state index contributed by atoms with van der Waals surface area (Å²) < 4.78 is 42.2. The summed E-state index contributed by atoms with van der Waals surface area (Å²) in [5.74, 6) is -1.26. The van der Waals surface area contributed by atoms with Crippen LogP contribution in [0.4, 0.5) is 18.9 Å². The Kier molecular flexibility index (Phi) is 5.76. The van der Waals surface area contributed by atoms with Crippen molar-refractivity contribution in [1.29, 1.82) is 0 Å². The average Bonchev–Trinajstić information content (AvgIpc) is 3.57. The van der Waals surface area contributed by atoms with Crippen LogP contribution in [0.2, 0.25) is 0 Å². The van der Waals surface area contributed by atoms with Crippen molar-refractivity contribution in [3.8, 4) is 16.9 Å². The van der Waals surface area contributed by atoms with Crippen molar-refractivity contribution in [1.82, 2.24) is 15.3 Å². The molecule has 1 fully saturated rings. The van der Waals surface area contributed by atoms with Crippen LogP contribution in [0.15, 0.2) is 61.1 Å². The van der Waals surface area contributed by atoms with Gasteiger partial charge in [-0.2, -0.15) is 0 Å². The number of carbonyl (C=O) groups excluding carboxylic acids is 2. The van der Waals surface area contributed by atoms with Crippen molar-refractivity contribution < 1.29 is 27.5 Å². The number of anilines is 1. The molecule has 1 aromatic carbocycles. The van der Waals surface area contributed by atoms with Gasteiger partial charge in [0.1, 0.15) is 11.4 Å². The third kappa shape index (κ3) is 5.39. The summed E-state index contributed by atoms with van der Waals surface area (Å²) in [5, 5.41) is 5.43. The largest absolute Gasteiger partial charge is 0.573 e. The summed E-state index contributed by atoms with van der Waals surface area (Å²) in [7, 11) is 0. The minimum Gasteiger partial charge on any atom is -0.405 e. The Morgan fingerprint density at radius 2 is 1.81 bits per heavy atom. The molecule has 7 nitrogen and oxygen atoms in total. The molecule has 2 heterocycles. The van der Waals surface area contributed by atoms with Crippen molar-refractivity contribution in [2.45, 2.75) is 25.2 Å². The number of para-hydroxylation sites is 1. The molecule has 0 aliphatic heterocycles. The molecule has 0 bridgehead atoms. The molecule has 1 aliphatic carbocycles. The van der Waals surface area contributed by atoms with Gasteiger partial charge in [-0.25, -0.2) is 0 Å². The zero-order valence-electron chi connectivity index (χ0n) is 16.5. The lowest BCUT2D eigenvalue weighted by atomic mass is 10.1. The van der Waals surface area contributed by atoms with Crippen molar-refractivity contribution in [3.05, 3.63) is 72.3 Å². The van der Waals surface area contributed by atoms with Gasteiger partial charge in [0.2, 0.25) is 0 Å². The lowest BCUT2D eigenvalue weighted by Gasteiger charge is -2.14. The number of rotatable bonds is 6. The first-order chi connectivity index (χ1) is 15.3. The number of ether oxygens (including phenoxy) is 1. The van der Waals surface area contributed by atoms with Gasteiger partial charge >= 0.3 is 6.36 Å². The lowest BCUT2D eigenvalue weighted by Crippen LogP contribution is -2.26. The highest BCUT2D eigenvalue weighted by atomic mass is 19.4. The number of alkyl halides is 3. The molecule has 2 aromatic heterocycles. The monoisotopic (exact) mass is 442 g/mol. The maximum Gasteiger partial charge on any atom is 0.573 e. The summed E-state index contributed by atoms with van der Waals surface area (Å²) >= 11 is 0. The van der Waals surface area contributed by atoms with Gasteiger partial charge < -0.3 is 15.4 Å². The number of hydrogen-bond donors (Lipinski definition) is 2. The molecule has 0 saturated heterocycles. The zero-order valence-corrected chi connectivity index (χ0v) is 16.5. The fraction of sp³-hybridized carbons (Fsp3) is 0.182. The van der Waals surface area contributed by atoms with Crippen LogP contribution < -0.4 is 15.4 Å². The molecule has 3 aromatic rings. The summed E-state index contributed by atoms with van der Waals surface area (Å²) in [6, 6.07) is 10.1. The Balaban J connectivity index is 1.53. The minimum atomic E-state index is -4.85. The number of nitrogens with zero attached hydrogens (tertiary/aromatic N) is 2. The van der Waals surface area contributed by atoms with E-state index in [4.69, 9.17) is 0 Å². The van der Waals surface area contributed by atoms with E-state index in [0.29, 0.717) is 5.56 Å². The van der Waals surface area contributed by atoms with E-state index in [1.807, 2.05) is 0 Å². The molecule has 4 rings (SSSR count). The van der Waals surface area contributed by atoms with E-state index < -0.39 is 12.3 Å². The standard InChI is InChI=1S/C22H17F3N4O3/c23-22(24,25)32-19-4-2-1-3-17(19)14-9-16(12-26-11-14)29-20(30)13-7-8-27-18(10-13)21(31)28-15-5-6-15/h1-4,7-12,15H,5-6H2,(H,28,31)(H,29,30). The topological polar surface area (TPSA) is 93.2 Å². The molecule has 0 unspecified atom stereocenters. The summed E-state index contributed by atoms with van der Waals surface area (Å²) in [6.07, 6.45) is 1.08. The number of aromatic nitrogens is 2. The molecule has 0 radical (unpaired) electrons. The maximum atomic E-state index is 12.7. The third-order valence-electron chi connectivity index (χ3n) is 4.59. The quantitative estimate of drug-likeness (QED) is 0.597. The number of carbonyl (C=O) groups is 2. The van der Waals surface area contributed by atoms with Crippen LogP contribution in [0.3, 0.4) is 0 Å². The number of benzene rings is 1. The van der Waals surface area contributed by atoms with Gasteiger partial charge in [0.05, 0.1) is 11.9 Å². The number of hydrogen-bond acceptors (Lipinski definition) is 5. The van der Waals surface area contributed by atoms with Crippen molar-refractivity contribution in [2.24, 2.45) is 0 Å². The second kappa shape index (κ2) is 8.66. The van der Waals surface area contributed by atoms with Crippen molar-refractivity contribution in [3.63, 3.8) is 0 Å². The van der Waals surface area contributed by atoms with Gasteiger partial charge in [0.15, 0.2) is 0 Å². The SMILES string of the molecule is O=C(Nc1cncc(-c2ccccc2OC(F)(F)F)c1)c1ccnc(C(=O)NC2CC2)c1. The first-order valence-corrected chi connectivity index (χ1v) is 9.67. The Morgan fingerprint density at radius 1 is 1.03 bits per heavy atom. The first kappa shape index (κ1) is 21.3. The van der Waals surface area contributed by atoms with Crippen LogP contribution in [-0.4, -0.2) is 34.2 Å². The number of halogens is 3. The minimum absolute atomic E-state index is 0.120. The van der Waals surface area contributed by atoms with E-state index >= 15 is 0 Å². The van der Waals surface area contributed by atoms with Crippen LogP contribution in [0.5, 0.6) is 5.75 Å². The molecule has 32 heavy (non-hydrogen) atoms. The Labute approximate surface area is 180 Å². The summed E-state index contributed by atoms with van der Waals surface area (Å²) in [4.78, 5) is 32.8. The van der Waals surface area contributed by atoms with Crippen LogP contribution in [0.25, 0.3) is 11.1 Å². The Morgan fingerprint density at radius 3 is 2.56 bits per heavy atom. The van der Waals surface area contributed by atoms with E-state index in [1.54, 1.807) is 6.07 Å². The molecule has 164 valence electrons. The van der Waals surface area contributed by atoms with Gasteiger partial charge in [0.25, 0.3) is 11.8 Å². The second-order valence-electron chi connectivity index (χ2n) is 7.14. The molecule has 10 heteroatoms. The fourth-order valence-corrected chi connectivity index (χ4v) is 2.96. The fourth-order valence-electron chi connectivity index (χ4n) is 2.96. The molecule has 1 aliphatic rings. The second-order valence-corrected chi connectivity index (χ2v) is 7.14. The first-order valence-electron chi connectivity index (χ1n) is 9.67. The average molecular weight is 442 g/mol. The molecule has 0 spiro atoms. The number of amides is 2. The summed E-state index contributed by atoms with van der Waals surface area (Å²) in [5.41, 5.74) is 1.06. The van der Waals surface area contributed by atoms with Gasteiger partial charge in [-0.05, 0) is 37.1 Å². The predicted molar refractivity (Wildman–Crippen MR) is 109 cm³/mol. The van der Waals surface area contributed by atoms with E-state index in [2.05, 4.69) is 25.3 Å². The number of pyridine rings is 2. The molecular weight excluding hydrogens is 425 g/mol. The molecular formula is C22H17F3N4O3. The Hall–Kier alpha value is -3.95. The summed E-state index contributed by atoms with van der Waals surface area (Å²) in [6.45, 7) is 0. The molecule has 2 amide bonds. The van der Waals surface area contributed by atoms with E-state index in [1.165, 1.54) is 55.0 Å². The van der Waals surface area contributed by atoms with Gasteiger partial charge in [-0.15, -0.1) is 13.2 Å². The Bertz CT molecular complexity index is 1160. The van der Waals surface area contributed by atoms with Gasteiger partial charge in [0, 0.05) is 35.1 Å². The highest BCUT2D eigenvalue weighted by Crippen LogP contribution is 2.34. The normalized spacial score (nSPS) is 13.3.